The number of fused-ring (bicyclic) bond motifs is 1. The summed E-state index contributed by atoms with van der Waals surface area (Å²) in [5.74, 6) is 0.108. The van der Waals surface area contributed by atoms with Gasteiger partial charge in [0.15, 0.2) is 0 Å². The lowest BCUT2D eigenvalue weighted by molar-refractivity contribution is -0.137. The van der Waals surface area contributed by atoms with Crippen molar-refractivity contribution in [2.45, 2.75) is 44.6 Å². The molecule has 4 nitrogen and oxygen atoms in total. The third-order valence-corrected chi connectivity index (χ3v) is 5.35. The topological polar surface area (TPSA) is 54.1 Å². The molecule has 0 atom stereocenters. The van der Waals surface area contributed by atoms with E-state index in [1.54, 1.807) is 18.3 Å². The van der Waals surface area contributed by atoms with Crippen LogP contribution in [-0.4, -0.2) is 17.0 Å². The maximum absolute atomic E-state index is 12.7. The molecule has 2 aromatic carbocycles. The van der Waals surface area contributed by atoms with Gasteiger partial charge in [0.05, 0.1) is 24.0 Å². The molecule has 0 unspecified atom stereocenters. The van der Waals surface area contributed by atoms with E-state index in [0.717, 1.165) is 52.7 Å². The second kappa shape index (κ2) is 7.55. The Morgan fingerprint density at radius 3 is 2.55 bits per heavy atom. The highest BCUT2D eigenvalue weighted by Crippen LogP contribution is 2.40. The van der Waals surface area contributed by atoms with Crippen molar-refractivity contribution in [3.8, 4) is 0 Å². The fraction of sp³-hybridized carbons (Fsp3) is 0.318. The van der Waals surface area contributed by atoms with Crippen molar-refractivity contribution in [2.24, 2.45) is 0 Å². The van der Waals surface area contributed by atoms with Crippen molar-refractivity contribution < 1.29 is 22.7 Å². The van der Waals surface area contributed by atoms with Crippen molar-refractivity contribution in [2.75, 3.05) is 5.32 Å². The van der Waals surface area contributed by atoms with Gasteiger partial charge in [-0.2, -0.15) is 13.2 Å². The van der Waals surface area contributed by atoms with Crippen molar-refractivity contribution in [3.05, 3.63) is 65.4 Å². The number of benzene rings is 2. The van der Waals surface area contributed by atoms with Crippen LogP contribution in [0, 0.1) is 0 Å². The number of H-pyrrole nitrogens is 1. The third kappa shape index (κ3) is 4.29. The number of halogens is 3. The standard InChI is InChI=1S/C22H21F3N2O2/c1-13(28)27-21-11-26-20-7-2-14(8-19(20)21)12-29-18-9-16(10-18)15-3-5-17(6-4-15)22(23,24)25/h2-8,11,16,18,26H,9-10,12H2,1H3,(H,27,28)/t16-,18+. The molecule has 0 spiro atoms. The Balaban J connectivity index is 1.32. The molecule has 7 heteroatoms. The van der Waals surface area contributed by atoms with E-state index < -0.39 is 11.7 Å². The number of hydrogen-bond donors (Lipinski definition) is 2. The van der Waals surface area contributed by atoms with Gasteiger partial charge >= 0.3 is 6.18 Å². The minimum absolute atomic E-state index is 0.0963. The van der Waals surface area contributed by atoms with Crippen LogP contribution in [0.1, 0.15) is 42.4 Å². The summed E-state index contributed by atoms with van der Waals surface area (Å²) in [6.07, 6.45) is -0.843. The molecule has 0 aliphatic heterocycles. The van der Waals surface area contributed by atoms with Gasteiger partial charge in [-0.1, -0.05) is 18.2 Å². The number of carbonyl (C=O) groups excluding carboxylic acids is 1. The SMILES string of the molecule is CC(=O)Nc1c[nH]c2ccc(CO[C@H]3C[C@@H](c4ccc(C(F)(F)F)cc4)C3)cc12. The van der Waals surface area contributed by atoms with Crippen LogP contribution in [0.5, 0.6) is 0 Å². The Morgan fingerprint density at radius 2 is 1.90 bits per heavy atom. The Bertz CT molecular complexity index is 1020. The van der Waals surface area contributed by atoms with Crippen molar-refractivity contribution in [1.82, 2.24) is 4.98 Å². The summed E-state index contributed by atoms with van der Waals surface area (Å²) >= 11 is 0. The zero-order valence-electron chi connectivity index (χ0n) is 15.8. The van der Waals surface area contributed by atoms with Crippen molar-refractivity contribution in [1.29, 1.82) is 0 Å². The van der Waals surface area contributed by atoms with E-state index in [-0.39, 0.29) is 17.9 Å². The summed E-state index contributed by atoms with van der Waals surface area (Å²) in [6, 6.07) is 11.3. The van der Waals surface area contributed by atoms with Crippen LogP contribution in [0.25, 0.3) is 10.9 Å². The average Bonchev–Trinajstić information content (AvgIpc) is 3.02. The van der Waals surface area contributed by atoms with E-state index in [2.05, 4.69) is 10.3 Å². The highest BCUT2D eigenvalue weighted by Gasteiger charge is 2.33. The van der Waals surface area contributed by atoms with Gasteiger partial charge in [0.25, 0.3) is 0 Å². The van der Waals surface area contributed by atoms with Gasteiger partial charge in [-0.05, 0) is 54.2 Å². The first-order chi connectivity index (χ1) is 13.8. The molecule has 1 fully saturated rings. The molecule has 0 saturated heterocycles. The van der Waals surface area contributed by atoms with E-state index >= 15 is 0 Å². The molecule has 1 saturated carbocycles. The van der Waals surface area contributed by atoms with Gasteiger partial charge in [-0.3, -0.25) is 4.79 Å². The van der Waals surface area contributed by atoms with E-state index in [1.807, 2.05) is 18.2 Å². The molecule has 4 rings (SSSR count). The smallest absolute Gasteiger partial charge is 0.373 e. The normalized spacial score (nSPS) is 19.2. The van der Waals surface area contributed by atoms with Gasteiger partial charge in [0.2, 0.25) is 5.91 Å². The molecular formula is C22H21F3N2O2. The Labute approximate surface area is 166 Å². The minimum atomic E-state index is -4.30. The first kappa shape index (κ1) is 19.5. The maximum atomic E-state index is 12.7. The zero-order chi connectivity index (χ0) is 20.6. The molecule has 1 heterocycles. The number of carbonyl (C=O) groups is 1. The number of nitrogens with one attached hydrogen (secondary N) is 2. The predicted molar refractivity (Wildman–Crippen MR) is 105 cm³/mol. The number of hydrogen-bond acceptors (Lipinski definition) is 2. The fourth-order valence-electron chi connectivity index (χ4n) is 3.68. The van der Waals surface area contributed by atoms with Crippen LogP contribution in [0.3, 0.4) is 0 Å². The predicted octanol–water partition coefficient (Wildman–Crippen LogP) is 5.61. The van der Waals surface area contributed by atoms with Crippen LogP contribution in [0.2, 0.25) is 0 Å². The Kier molecular flexibility index (Phi) is 5.08. The first-order valence-electron chi connectivity index (χ1n) is 9.46. The van der Waals surface area contributed by atoms with Gasteiger partial charge in [-0.15, -0.1) is 0 Å². The minimum Gasteiger partial charge on any atom is -0.373 e. The van der Waals surface area contributed by atoms with E-state index in [0.29, 0.717) is 6.61 Å². The number of anilines is 1. The van der Waals surface area contributed by atoms with Crippen LogP contribution >= 0.6 is 0 Å². The molecule has 2 N–H and O–H groups in total. The van der Waals surface area contributed by atoms with Gasteiger partial charge in [0, 0.05) is 24.0 Å². The summed E-state index contributed by atoms with van der Waals surface area (Å²) in [5, 5.41) is 3.73. The number of aromatic nitrogens is 1. The lowest BCUT2D eigenvalue weighted by Crippen LogP contribution is -2.29. The summed E-state index contributed by atoms with van der Waals surface area (Å²) in [6.45, 7) is 1.92. The maximum Gasteiger partial charge on any atom is 0.416 e. The van der Waals surface area contributed by atoms with Gasteiger partial charge < -0.3 is 15.0 Å². The number of rotatable bonds is 5. The monoisotopic (exact) mass is 402 g/mol. The second-order valence-corrected chi connectivity index (χ2v) is 7.48. The lowest BCUT2D eigenvalue weighted by atomic mass is 9.77. The van der Waals surface area contributed by atoms with Crippen LogP contribution in [0.4, 0.5) is 18.9 Å². The highest BCUT2D eigenvalue weighted by molar-refractivity contribution is 6.01. The fourth-order valence-corrected chi connectivity index (χ4v) is 3.68. The van der Waals surface area contributed by atoms with Crippen LogP contribution < -0.4 is 5.32 Å². The average molecular weight is 402 g/mol. The summed E-state index contributed by atoms with van der Waals surface area (Å²) in [7, 11) is 0. The quantitative estimate of drug-likeness (QED) is 0.583. The molecule has 1 aliphatic rings. The first-order valence-corrected chi connectivity index (χ1v) is 9.46. The molecule has 1 aromatic heterocycles. The van der Waals surface area contributed by atoms with E-state index in [9.17, 15) is 18.0 Å². The van der Waals surface area contributed by atoms with Gasteiger partial charge in [0.1, 0.15) is 0 Å². The highest BCUT2D eigenvalue weighted by atomic mass is 19.4. The largest absolute Gasteiger partial charge is 0.416 e. The van der Waals surface area contributed by atoms with E-state index in [4.69, 9.17) is 4.74 Å². The third-order valence-electron chi connectivity index (χ3n) is 5.35. The molecule has 3 aromatic rings. The molecule has 0 bridgehead atoms. The van der Waals surface area contributed by atoms with Gasteiger partial charge in [-0.25, -0.2) is 0 Å². The summed E-state index contributed by atoms with van der Waals surface area (Å²) in [5.41, 5.74) is 2.98. The summed E-state index contributed by atoms with van der Waals surface area (Å²) < 4.78 is 43.9. The lowest BCUT2D eigenvalue weighted by Gasteiger charge is -2.35. The molecular weight excluding hydrogens is 381 g/mol. The second-order valence-electron chi connectivity index (χ2n) is 7.48. The number of aromatic amines is 1. The molecule has 29 heavy (non-hydrogen) atoms. The molecule has 1 aliphatic carbocycles. The van der Waals surface area contributed by atoms with Crippen LogP contribution in [-0.2, 0) is 22.3 Å². The number of amides is 1. The molecule has 152 valence electrons. The van der Waals surface area contributed by atoms with Crippen molar-refractivity contribution in [3.63, 3.8) is 0 Å². The summed E-state index contributed by atoms with van der Waals surface area (Å²) in [4.78, 5) is 14.4. The van der Waals surface area contributed by atoms with E-state index in [1.165, 1.54) is 6.92 Å². The van der Waals surface area contributed by atoms with Crippen LogP contribution in [0.15, 0.2) is 48.7 Å². The number of ether oxygens (including phenoxy) is 1. The number of alkyl halides is 3. The van der Waals surface area contributed by atoms with Crippen molar-refractivity contribution >= 4 is 22.5 Å². The molecule has 0 radical (unpaired) electrons. The Morgan fingerprint density at radius 1 is 1.17 bits per heavy atom. The zero-order valence-corrected chi connectivity index (χ0v) is 15.8. The molecule has 1 amide bonds. The Hall–Kier alpha value is -2.80.